The molecule has 2 rings (SSSR count). The summed E-state index contributed by atoms with van der Waals surface area (Å²) >= 11 is 5.28. The fraction of sp³-hybridized carbons (Fsp3) is 0.467. The lowest BCUT2D eigenvalue weighted by Crippen LogP contribution is -2.52. The van der Waals surface area contributed by atoms with Gasteiger partial charge in [-0.05, 0) is 37.3 Å². The van der Waals surface area contributed by atoms with Crippen molar-refractivity contribution in [3.05, 3.63) is 30.1 Å². The van der Waals surface area contributed by atoms with E-state index in [2.05, 4.69) is 20.4 Å². The first-order chi connectivity index (χ1) is 10.6. The van der Waals surface area contributed by atoms with Crippen molar-refractivity contribution in [1.29, 1.82) is 0 Å². The zero-order chi connectivity index (χ0) is 15.9. The first-order valence-corrected chi connectivity index (χ1v) is 7.80. The summed E-state index contributed by atoms with van der Waals surface area (Å²) in [4.78, 5) is 16.2. The maximum absolute atomic E-state index is 13.1. The number of carbonyl (C=O) groups is 1. The molecule has 5 nitrogen and oxygen atoms in total. The van der Waals surface area contributed by atoms with Crippen LogP contribution in [0.2, 0.25) is 0 Å². The maximum Gasteiger partial charge on any atom is 0.238 e. The van der Waals surface area contributed by atoms with Gasteiger partial charge in [-0.15, -0.1) is 0 Å². The van der Waals surface area contributed by atoms with Gasteiger partial charge in [0.25, 0.3) is 0 Å². The molecule has 1 amide bonds. The first kappa shape index (κ1) is 16.6. The number of anilines is 1. The van der Waals surface area contributed by atoms with E-state index in [9.17, 15) is 9.18 Å². The fourth-order valence-electron chi connectivity index (χ4n) is 2.34. The molecular formula is C15H21FN4OS. The minimum absolute atomic E-state index is 0.131. The van der Waals surface area contributed by atoms with Crippen LogP contribution in [0.5, 0.6) is 0 Å². The third-order valence-electron chi connectivity index (χ3n) is 3.46. The van der Waals surface area contributed by atoms with E-state index >= 15 is 0 Å². The highest BCUT2D eigenvalue weighted by molar-refractivity contribution is 7.80. The average molecular weight is 324 g/mol. The Morgan fingerprint density at radius 3 is 2.68 bits per heavy atom. The molecule has 22 heavy (non-hydrogen) atoms. The van der Waals surface area contributed by atoms with Gasteiger partial charge in [0.1, 0.15) is 5.82 Å². The molecule has 7 heteroatoms. The Bertz CT molecular complexity index is 532. The molecule has 1 aliphatic heterocycles. The number of nitrogens with one attached hydrogen (secondary N) is 2. The molecule has 0 unspecified atom stereocenters. The third-order valence-corrected chi connectivity index (χ3v) is 3.87. The molecular weight excluding hydrogens is 303 g/mol. The summed E-state index contributed by atoms with van der Waals surface area (Å²) in [5, 5.41) is 6.61. The van der Waals surface area contributed by atoms with Gasteiger partial charge >= 0.3 is 0 Å². The number of thiocarbonyl (C=S) groups is 1. The Morgan fingerprint density at radius 2 is 2.05 bits per heavy atom. The molecule has 0 atom stereocenters. The van der Waals surface area contributed by atoms with E-state index in [1.807, 2.05) is 6.92 Å². The van der Waals surface area contributed by atoms with E-state index in [0.717, 1.165) is 37.8 Å². The van der Waals surface area contributed by atoms with Gasteiger partial charge in [0.15, 0.2) is 5.11 Å². The number of carbonyl (C=O) groups excluding carboxylic acids is 1. The van der Waals surface area contributed by atoms with Crippen LogP contribution in [0.1, 0.15) is 6.92 Å². The zero-order valence-electron chi connectivity index (χ0n) is 12.6. The van der Waals surface area contributed by atoms with Crippen molar-refractivity contribution < 1.29 is 9.18 Å². The maximum atomic E-state index is 13.1. The zero-order valence-corrected chi connectivity index (χ0v) is 13.5. The molecule has 0 saturated carbocycles. The molecule has 1 aromatic rings. The predicted molar refractivity (Wildman–Crippen MR) is 89.3 cm³/mol. The van der Waals surface area contributed by atoms with Crippen LogP contribution < -0.4 is 10.6 Å². The number of hydrogen-bond acceptors (Lipinski definition) is 3. The Balaban J connectivity index is 1.76. The molecule has 1 saturated heterocycles. The molecule has 0 aromatic heterocycles. The molecule has 1 heterocycles. The highest BCUT2D eigenvalue weighted by atomic mass is 32.1. The number of halogens is 1. The van der Waals surface area contributed by atoms with Crippen molar-refractivity contribution in [1.82, 2.24) is 15.1 Å². The molecule has 120 valence electrons. The highest BCUT2D eigenvalue weighted by Crippen LogP contribution is 2.09. The second kappa shape index (κ2) is 8.05. The number of hydrogen-bond donors (Lipinski definition) is 2. The van der Waals surface area contributed by atoms with Crippen LogP contribution in [0.15, 0.2) is 24.3 Å². The fourth-order valence-corrected chi connectivity index (χ4v) is 2.67. The summed E-state index contributed by atoms with van der Waals surface area (Å²) in [6.45, 7) is 6.30. The van der Waals surface area contributed by atoms with E-state index in [0.29, 0.717) is 12.2 Å². The number of amides is 1. The van der Waals surface area contributed by atoms with E-state index in [-0.39, 0.29) is 11.7 Å². The van der Waals surface area contributed by atoms with Crippen molar-refractivity contribution in [3.8, 4) is 0 Å². The highest BCUT2D eigenvalue weighted by Gasteiger charge is 2.20. The summed E-state index contributed by atoms with van der Waals surface area (Å²) in [5.74, 6) is -0.489. The summed E-state index contributed by atoms with van der Waals surface area (Å²) < 4.78 is 13.1. The Morgan fingerprint density at radius 1 is 1.32 bits per heavy atom. The molecule has 0 radical (unpaired) electrons. The Kier molecular flexibility index (Phi) is 6.09. The van der Waals surface area contributed by atoms with Gasteiger partial charge in [-0.25, -0.2) is 4.39 Å². The molecule has 1 fully saturated rings. The molecule has 0 bridgehead atoms. The summed E-state index contributed by atoms with van der Waals surface area (Å²) in [7, 11) is 0. The van der Waals surface area contributed by atoms with E-state index in [1.165, 1.54) is 12.1 Å². The monoisotopic (exact) mass is 324 g/mol. The van der Waals surface area contributed by atoms with E-state index in [4.69, 9.17) is 12.2 Å². The largest absolute Gasteiger partial charge is 0.363 e. The lowest BCUT2D eigenvalue weighted by molar-refractivity contribution is -0.117. The van der Waals surface area contributed by atoms with Crippen molar-refractivity contribution in [2.75, 3.05) is 44.6 Å². The quantitative estimate of drug-likeness (QED) is 0.817. The topological polar surface area (TPSA) is 47.6 Å². The number of piperazine rings is 1. The summed E-state index contributed by atoms with van der Waals surface area (Å²) in [6.07, 6.45) is 0. The van der Waals surface area contributed by atoms with Crippen LogP contribution in [0, 0.1) is 5.82 Å². The minimum Gasteiger partial charge on any atom is -0.363 e. The molecule has 0 aliphatic carbocycles. The number of nitrogens with zero attached hydrogens (tertiary/aromatic N) is 2. The standard InChI is InChI=1S/C15H21FN4OS/c1-2-17-15(22)20-8-6-19(7-9-20)11-14(21)18-13-5-3-4-12(16)10-13/h3-5,10H,2,6-9,11H2,1H3,(H,17,22)(H,18,21). The summed E-state index contributed by atoms with van der Waals surface area (Å²) in [6, 6.07) is 5.91. The van der Waals surface area contributed by atoms with E-state index < -0.39 is 0 Å². The lowest BCUT2D eigenvalue weighted by Gasteiger charge is -2.35. The normalized spacial score (nSPS) is 15.5. The van der Waals surface area contributed by atoms with Gasteiger partial charge in [-0.2, -0.15) is 0 Å². The lowest BCUT2D eigenvalue weighted by atomic mass is 10.3. The summed E-state index contributed by atoms with van der Waals surface area (Å²) in [5.41, 5.74) is 0.483. The molecule has 0 spiro atoms. The average Bonchev–Trinajstić information content (AvgIpc) is 2.48. The van der Waals surface area contributed by atoms with E-state index in [1.54, 1.807) is 12.1 Å². The molecule has 1 aromatic carbocycles. The second-order valence-corrected chi connectivity index (χ2v) is 5.54. The Labute approximate surface area is 135 Å². The van der Waals surface area contributed by atoms with Crippen molar-refractivity contribution >= 4 is 28.9 Å². The van der Waals surface area contributed by atoms with Crippen molar-refractivity contribution in [3.63, 3.8) is 0 Å². The van der Waals surface area contributed by atoms with Gasteiger partial charge < -0.3 is 15.5 Å². The number of benzene rings is 1. The van der Waals surface area contributed by atoms with Crippen LogP contribution in [-0.2, 0) is 4.79 Å². The van der Waals surface area contributed by atoms with Crippen molar-refractivity contribution in [2.45, 2.75) is 6.92 Å². The number of rotatable bonds is 4. The smallest absolute Gasteiger partial charge is 0.238 e. The predicted octanol–water partition coefficient (Wildman–Crippen LogP) is 1.28. The van der Waals surface area contributed by atoms with Crippen LogP contribution in [0.3, 0.4) is 0 Å². The Hall–Kier alpha value is -1.73. The van der Waals surface area contributed by atoms with Gasteiger partial charge in [-0.3, -0.25) is 9.69 Å². The second-order valence-electron chi connectivity index (χ2n) is 5.16. The molecule has 2 N–H and O–H groups in total. The molecule has 1 aliphatic rings. The third kappa shape index (κ3) is 4.92. The SMILES string of the molecule is CCNC(=S)N1CCN(CC(=O)Nc2cccc(F)c2)CC1. The van der Waals surface area contributed by atoms with Crippen LogP contribution >= 0.6 is 12.2 Å². The van der Waals surface area contributed by atoms with Crippen LogP contribution in [0.25, 0.3) is 0 Å². The van der Waals surface area contributed by atoms with Gasteiger partial charge in [-0.1, -0.05) is 6.07 Å². The van der Waals surface area contributed by atoms with Crippen molar-refractivity contribution in [2.24, 2.45) is 0 Å². The van der Waals surface area contributed by atoms with Gasteiger partial charge in [0, 0.05) is 38.4 Å². The van der Waals surface area contributed by atoms with Crippen LogP contribution in [-0.4, -0.2) is 60.1 Å². The van der Waals surface area contributed by atoms with Crippen LogP contribution in [0.4, 0.5) is 10.1 Å². The first-order valence-electron chi connectivity index (χ1n) is 7.39. The van der Waals surface area contributed by atoms with Gasteiger partial charge in [0.05, 0.1) is 6.54 Å². The van der Waals surface area contributed by atoms with Gasteiger partial charge in [0.2, 0.25) is 5.91 Å². The minimum atomic E-state index is -0.358.